The van der Waals surface area contributed by atoms with Crippen LogP contribution >= 0.6 is 11.6 Å². The Morgan fingerprint density at radius 3 is 2.46 bits per heavy atom. The van der Waals surface area contributed by atoms with Crippen molar-refractivity contribution in [2.75, 3.05) is 6.54 Å². The van der Waals surface area contributed by atoms with Crippen LogP contribution in [0.25, 0.3) is 0 Å². The van der Waals surface area contributed by atoms with Gasteiger partial charge in [0, 0.05) is 29.9 Å². The summed E-state index contributed by atoms with van der Waals surface area (Å²) >= 11 is 5.83. The zero-order chi connectivity index (χ0) is 17.5. The van der Waals surface area contributed by atoms with Crippen molar-refractivity contribution < 1.29 is 9.59 Å². The van der Waals surface area contributed by atoms with Gasteiger partial charge in [0.25, 0.3) is 11.8 Å². The van der Waals surface area contributed by atoms with Gasteiger partial charge in [-0.3, -0.25) is 14.6 Å². The number of hydrogen-bond acceptors (Lipinski definition) is 3. The number of halogens is 1. The average Bonchev–Trinajstić information content (AvgIpc) is 2.59. The number of amides is 2. The van der Waals surface area contributed by atoms with Gasteiger partial charge in [0.2, 0.25) is 0 Å². The maximum Gasteiger partial charge on any atom is 0.270 e. The highest BCUT2D eigenvalue weighted by molar-refractivity contribution is 6.30. The number of rotatable bonds is 6. The van der Waals surface area contributed by atoms with Crippen LogP contribution in [0.5, 0.6) is 0 Å². The van der Waals surface area contributed by atoms with Crippen LogP contribution in [0.15, 0.2) is 42.6 Å². The molecular weight excluding hydrogens is 326 g/mol. The molecule has 24 heavy (non-hydrogen) atoms. The normalized spacial score (nSPS) is 10.5. The molecule has 0 radical (unpaired) electrons. The van der Waals surface area contributed by atoms with Crippen molar-refractivity contribution in [3.63, 3.8) is 0 Å². The van der Waals surface area contributed by atoms with Gasteiger partial charge in [-0.1, -0.05) is 37.6 Å². The third-order valence-electron chi connectivity index (χ3n) is 3.29. The van der Waals surface area contributed by atoms with Crippen molar-refractivity contribution in [1.29, 1.82) is 0 Å². The molecule has 0 atom stereocenters. The molecule has 0 aliphatic carbocycles. The predicted octanol–water partition coefficient (Wildman–Crippen LogP) is 3.05. The third kappa shape index (κ3) is 5.35. The lowest BCUT2D eigenvalue weighted by Gasteiger charge is -2.09. The van der Waals surface area contributed by atoms with Gasteiger partial charge in [-0.05, 0) is 35.7 Å². The van der Waals surface area contributed by atoms with Crippen LogP contribution in [0.1, 0.15) is 40.3 Å². The molecule has 0 bridgehead atoms. The molecule has 0 saturated carbocycles. The van der Waals surface area contributed by atoms with E-state index in [1.807, 2.05) is 26.0 Å². The minimum atomic E-state index is -0.330. The molecule has 2 amide bonds. The van der Waals surface area contributed by atoms with Gasteiger partial charge < -0.3 is 10.6 Å². The van der Waals surface area contributed by atoms with Crippen LogP contribution < -0.4 is 10.6 Å². The van der Waals surface area contributed by atoms with Gasteiger partial charge in [0.1, 0.15) is 5.69 Å². The minimum absolute atomic E-state index is 0.209. The third-order valence-corrected chi connectivity index (χ3v) is 3.54. The highest BCUT2D eigenvalue weighted by Gasteiger charge is 2.12. The number of carbonyl (C=O) groups excluding carboxylic acids is 2. The number of benzene rings is 1. The molecule has 0 aliphatic rings. The highest BCUT2D eigenvalue weighted by Crippen LogP contribution is 2.09. The predicted molar refractivity (Wildman–Crippen MR) is 94.0 cm³/mol. The quantitative estimate of drug-likeness (QED) is 0.845. The number of carbonyl (C=O) groups is 2. The number of pyridine rings is 1. The van der Waals surface area contributed by atoms with E-state index in [4.69, 9.17) is 11.6 Å². The van der Waals surface area contributed by atoms with Crippen molar-refractivity contribution in [2.45, 2.75) is 20.4 Å². The van der Waals surface area contributed by atoms with E-state index in [0.717, 1.165) is 5.56 Å². The SMILES string of the molecule is CC(C)CNC(=O)c1ccnc(C(=O)NCc2ccc(Cl)cc2)c1. The first-order chi connectivity index (χ1) is 11.5. The summed E-state index contributed by atoms with van der Waals surface area (Å²) in [5, 5.41) is 6.24. The summed E-state index contributed by atoms with van der Waals surface area (Å²) in [5.74, 6) is -0.181. The summed E-state index contributed by atoms with van der Waals surface area (Å²) < 4.78 is 0. The van der Waals surface area contributed by atoms with Crippen LogP contribution in [0.4, 0.5) is 0 Å². The summed E-state index contributed by atoms with van der Waals surface area (Å²) in [6, 6.07) is 10.3. The summed E-state index contributed by atoms with van der Waals surface area (Å²) in [4.78, 5) is 28.3. The van der Waals surface area contributed by atoms with Crippen LogP contribution in [0.2, 0.25) is 5.02 Å². The number of aromatic nitrogens is 1. The van der Waals surface area contributed by atoms with E-state index in [-0.39, 0.29) is 17.5 Å². The van der Waals surface area contributed by atoms with Gasteiger partial charge in [-0.2, -0.15) is 0 Å². The highest BCUT2D eigenvalue weighted by atomic mass is 35.5. The second-order valence-electron chi connectivity index (χ2n) is 5.84. The van der Waals surface area contributed by atoms with Crippen LogP contribution in [-0.2, 0) is 6.54 Å². The Labute approximate surface area is 146 Å². The summed E-state index contributed by atoms with van der Waals surface area (Å²) in [5.41, 5.74) is 1.56. The summed E-state index contributed by atoms with van der Waals surface area (Å²) in [7, 11) is 0. The Balaban J connectivity index is 1.98. The van der Waals surface area contributed by atoms with E-state index >= 15 is 0 Å². The first-order valence-electron chi connectivity index (χ1n) is 7.72. The molecule has 1 heterocycles. The summed E-state index contributed by atoms with van der Waals surface area (Å²) in [6.45, 7) is 4.98. The second kappa shape index (κ2) is 8.45. The van der Waals surface area contributed by atoms with Gasteiger partial charge >= 0.3 is 0 Å². The standard InChI is InChI=1S/C18H20ClN3O2/c1-12(2)10-21-17(23)14-7-8-20-16(9-14)18(24)22-11-13-3-5-15(19)6-4-13/h3-9,12H,10-11H2,1-2H3,(H,21,23)(H,22,24). The molecule has 0 spiro atoms. The van der Waals surface area contributed by atoms with Crippen LogP contribution in [-0.4, -0.2) is 23.3 Å². The fourth-order valence-electron chi connectivity index (χ4n) is 1.97. The minimum Gasteiger partial charge on any atom is -0.352 e. The van der Waals surface area contributed by atoms with Crippen LogP contribution in [0, 0.1) is 5.92 Å². The fraction of sp³-hybridized carbons (Fsp3) is 0.278. The molecular formula is C18H20ClN3O2. The zero-order valence-electron chi connectivity index (χ0n) is 13.7. The monoisotopic (exact) mass is 345 g/mol. The van der Waals surface area contributed by atoms with Crippen molar-refractivity contribution in [2.24, 2.45) is 5.92 Å². The Bertz CT molecular complexity index is 714. The zero-order valence-corrected chi connectivity index (χ0v) is 14.4. The number of nitrogens with zero attached hydrogens (tertiary/aromatic N) is 1. The largest absolute Gasteiger partial charge is 0.352 e. The van der Waals surface area contributed by atoms with Crippen molar-refractivity contribution in [1.82, 2.24) is 15.6 Å². The van der Waals surface area contributed by atoms with E-state index in [2.05, 4.69) is 15.6 Å². The molecule has 6 heteroatoms. The molecule has 0 fully saturated rings. The lowest BCUT2D eigenvalue weighted by molar-refractivity contribution is 0.0946. The second-order valence-corrected chi connectivity index (χ2v) is 6.28. The molecule has 0 unspecified atom stereocenters. The molecule has 1 aromatic heterocycles. The van der Waals surface area contributed by atoms with E-state index < -0.39 is 0 Å². The number of nitrogens with one attached hydrogen (secondary N) is 2. The van der Waals surface area contributed by atoms with E-state index in [0.29, 0.717) is 29.6 Å². The molecule has 126 valence electrons. The molecule has 0 aliphatic heterocycles. The molecule has 5 nitrogen and oxygen atoms in total. The molecule has 0 saturated heterocycles. The van der Waals surface area contributed by atoms with E-state index in [9.17, 15) is 9.59 Å². The Morgan fingerprint density at radius 2 is 1.79 bits per heavy atom. The molecule has 2 rings (SSSR count). The topological polar surface area (TPSA) is 71.1 Å². The van der Waals surface area contributed by atoms with Crippen LogP contribution in [0.3, 0.4) is 0 Å². The van der Waals surface area contributed by atoms with E-state index in [1.54, 1.807) is 18.2 Å². The van der Waals surface area contributed by atoms with Gasteiger partial charge in [0.15, 0.2) is 0 Å². The first kappa shape index (κ1) is 17.9. The lowest BCUT2D eigenvalue weighted by Crippen LogP contribution is -2.28. The lowest BCUT2D eigenvalue weighted by atomic mass is 10.1. The molecule has 2 aromatic rings. The first-order valence-corrected chi connectivity index (χ1v) is 8.10. The van der Waals surface area contributed by atoms with Gasteiger partial charge in [-0.15, -0.1) is 0 Å². The maximum atomic E-state index is 12.2. The number of hydrogen-bond donors (Lipinski definition) is 2. The molecule has 1 aromatic carbocycles. The molecule has 2 N–H and O–H groups in total. The smallest absolute Gasteiger partial charge is 0.270 e. The maximum absolute atomic E-state index is 12.2. The average molecular weight is 346 g/mol. The van der Waals surface area contributed by atoms with Gasteiger partial charge in [0.05, 0.1) is 0 Å². The van der Waals surface area contributed by atoms with Crippen molar-refractivity contribution >= 4 is 23.4 Å². The Kier molecular flexibility index (Phi) is 6.32. The van der Waals surface area contributed by atoms with Crippen molar-refractivity contribution in [3.05, 3.63) is 64.4 Å². The summed E-state index contributed by atoms with van der Waals surface area (Å²) in [6.07, 6.45) is 1.46. The Morgan fingerprint density at radius 1 is 1.08 bits per heavy atom. The van der Waals surface area contributed by atoms with Crippen molar-refractivity contribution in [3.8, 4) is 0 Å². The van der Waals surface area contributed by atoms with Gasteiger partial charge in [-0.25, -0.2) is 0 Å². The van der Waals surface area contributed by atoms with E-state index in [1.165, 1.54) is 12.3 Å². The fourth-order valence-corrected chi connectivity index (χ4v) is 2.10. The Hall–Kier alpha value is -2.40.